The molecule has 0 aromatic heterocycles. The van der Waals surface area contributed by atoms with Crippen LogP contribution in [-0.4, -0.2) is 11.7 Å². The van der Waals surface area contributed by atoms with Crippen molar-refractivity contribution in [3.63, 3.8) is 0 Å². The molecule has 1 atom stereocenters. The minimum Gasteiger partial charge on any atom is -0.493 e. The monoisotopic (exact) mass is 380 g/mol. The van der Waals surface area contributed by atoms with E-state index in [0.717, 1.165) is 40.8 Å². The van der Waals surface area contributed by atoms with E-state index in [1.165, 1.54) is 11.1 Å². The van der Waals surface area contributed by atoms with E-state index in [4.69, 9.17) is 4.74 Å². The van der Waals surface area contributed by atoms with Crippen LogP contribution in [-0.2, 0) is 12.8 Å². The van der Waals surface area contributed by atoms with Crippen molar-refractivity contribution < 1.29 is 9.84 Å². The molecule has 1 aliphatic heterocycles. The van der Waals surface area contributed by atoms with E-state index in [9.17, 15) is 5.11 Å². The molecule has 0 bridgehead atoms. The van der Waals surface area contributed by atoms with Gasteiger partial charge in [-0.3, -0.25) is 0 Å². The average molecular weight is 380 g/mol. The Kier molecular flexibility index (Phi) is 4.27. The highest BCUT2D eigenvalue weighted by atomic mass is 127. The number of aliphatic hydroxyl groups excluding tert-OH is 1. The van der Waals surface area contributed by atoms with Crippen LogP contribution in [0.15, 0.2) is 42.5 Å². The Hall–Kier alpha value is -1.07. The summed E-state index contributed by atoms with van der Waals surface area (Å²) in [6.45, 7) is 0.795. The number of hydrogen-bond acceptors (Lipinski definition) is 2. The number of halogens is 1. The van der Waals surface area contributed by atoms with Crippen molar-refractivity contribution in [1.82, 2.24) is 0 Å². The second kappa shape index (κ2) is 6.14. The Balaban J connectivity index is 1.64. The molecule has 1 N–H and O–H groups in total. The van der Waals surface area contributed by atoms with Gasteiger partial charge in [0.1, 0.15) is 5.75 Å². The Morgan fingerprint density at radius 1 is 1.20 bits per heavy atom. The van der Waals surface area contributed by atoms with Crippen molar-refractivity contribution in [3.05, 3.63) is 62.7 Å². The lowest BCUT2D eigenvalue weighted by atomic mass is 10.00. The second-order valence-corrected chi connectivity index (χ2v) is 6.40. The van der Waals surface area contributed by atoms with E-state index in [-0.39, 0.29) is 0 Å². The Morgan fingerprint density at radius 2 is 2.10 bits per heavy atom. The van der Waals surface area contributed by atoms with Crippen LogP contribution in [0.25, 0.3) is 0 Å². The fourth-order valence-electron chi connectivity index (χ4n) is 2.58. The molecule has 1 heterocycles. The standard InChI is InChI=1S/C17H17IO2/c18-15-3-1-2-13(11-15)16(19)6-4-12-5-7-17-14(10-12)8-9-20-17/h1-3,5,7,10-11,16,19H,4,6,8-9H2. The van der Waals surface area contributed by atoms with Crippen LogP contribution < -0.4 is 4.74 Å². The summed E-state index contributed by atoms with van der Waals surface area (Å²) >= 11 is 2.27. The SMILES string of the molecule is OC(CCc1ccc2c(c1)CCO2)c1cccc(I)c1. The molecule has 3 heteroatoms. The van der Waals surface area contributed by atoms with E-state index in [2.05, 4.69) is 40.8 Å². The van der Waals surface area contributed by atoms with Gasteiger partial charge in [0.15, 0.2) is 0 Å². The molecule has 0 amide bonds. The normalized spacial score (nSPS) is 14.7. The largest absolute Gasteiger partial charge is 0.493 e. The zero-order valence-electron chi connectivity index (χ0n) is 11.2. The third-order valence-corrected chi connectivity index (χ3v) is 4.36. The first-order valence-corrected chi connectivity index (χ1v) is 7.98. The van der Waals surface area contributed by atoms with Crippen molar-refractivity contribution >= 4 is 22.6 Å². The number of ether oxygens (including phenoxy) is 1. The fraction of sp³-hybridized carbons (Fsp3) is 0.294. The molecule has 1 aliphatic rings. The highest BCUT2D eigenvalue weighted by Crippen LogP contribution is 2.27. The molecule has 1 unspecified atom stereocenters. The molecule has 20 heavy (non-hydrogen) atoms. The van der Waals surface area contributed by atoms with E-state index in [0.29, 0.717) is 0 Å². The van der Waals surface area contributed by atoms with E-state index in [1.807, 2.05) is 24.3 Å². The van der Waals surface area contributed by atoms with Gasteiger partial charge in [-0.2, -0.15) is 0 Å². The lowest BCUT2D eigenvalue weighted by Gasteiger charge is -2.12. The topological polar surface area (TPSA) is 29.5 Å². The van der Waals surface area contributed by atoms with Crippen LogP contribution in [0, 0.1) is 3.57 Å². The summed E-state index contributed by atoms with van der Waals surface area (Å²) in [4.78, 5) is 0. The molecule has 0 aliphatic carbocycles. The predicted octanol–water partition coefficient (Wildman–Crippen LogP) is 3.89. The predicted molar refractivity (Wildman–Crippen MR) is 88.1 cm³/mol. The Bertz CT molecular complexity index is 610. The third kappa shape index (κ3) is 3.15. The van der Waals surface area contributed by atoms with Crippen LogP contribution in [0.2, 0.25) is 0 Å². The first-order valence-electron chi connectivity index (χ1n) is 6.90. The maximum atomic E-state index is 10.3. The molecule has 0 fully saturated rings. The Labute approximate surface area is 132 Å². The lowest BCUT2D eigenvalue weighted by molar-refractivity contribution is 0.168. The number of aliphatic hydroxyl groups is 1. The molecule has 0 saturated carbocycles. The smallest absolute Gasteiger partial charge is 0.122 e. The van der Waals surface area contributed by atoms with Crippen molar-refractivity contribution in [3.8, 4) is 5.75 Å². The van der Waals surface area contributed by atoms with Crippen LogP contribution in [0.4, 0.5) is 0 Å². The van der Waals surface area contributed by atoms with Gasteiger partial charge >= 0.3 is 0 Å². The number of aryl methyl sites for hydroxylation is 1. The minimum absolute atomic E-state index is 0.394. The quantitative estimate of drug-likeness (QED) is 0.816. The van der Waals surface area contributed by atoms with Gasteiger partial charge in [0.05, 0.1) is 12.7 Å². The molecule has 104 valence electrons. The van der Waals surface area contributed by atoms with Crippen molar-refractivity contribution in [1.29, 1.82) is 0 Å². The van der Waals surface area contributed by atoms with Crippen molar-refractivity contribution in [2.75, 3.05) is 6.61 Å². The lowest BCUT2D eigenvalue weighted by Crippen LogP contribution is -2.00. The van der Waals surface area contributed by atoms with Gasteiger partial charge in [0, 0.05) is 9.99 Å². The number of fused-ring (bicyclic) bond motifs is 1. The maximum Gasteiger partial charge on any atom is 0.122 e. The molecule has 2 nitrogen and oxygen atoms in total. The van der Waals surface area contributed by atoms with E-state index < -0.39 is 6.10 Å². The van der Waals surface area contributed by atoms with Crippen molar-refractivity contribution in [2.24, 2.45) is 0 Å². The number of rotatable bonds is 4. The van der Waals surface area contributed by atoms with Gasteiger partial charge in [-0.15, -0.1) is 0 Å². The van der Waals surface area contributed by atoms with Gasteiger partial charge in [-0.1, -0.05) is 24.3 Å². The van der Waals surface area contributed by atoms with Crippen LogP contribution in [0.3, 0.4) is 0 Å². The van der Waals surface area contributed by atoms with Gasteiger partial charge in [0.2, 0.25) is 0 Å². The summed E-state index contributed by atoms with van der Waals surface area (Å²) in [6, 6.07) is 14.4. The van der Waals surface area contributed by atoms with Gasteiger partial charge in [-0.05, 0) is 70.3 Å². The van der Waals surface area contributed by atoms with Crippen LogP contribution in [0.5, 0.6) is 5.75 Å². The third-order valence-electron chi connectivity index (χ3n) is 3.69. The molecule has 0 radical (unpaired) electrons. The summed E-state index contributed by atoms with van der Waals surface area (Å²) in [7, 11) is 0. The molecule has 2 aromatic rings. The summed E-state index contributed by atoms with van der Waals surface area (Å²) in [5, 5.41) is 10.3. The van der Waals surface area contributed by atoms with Crippen molar-refractivity contribution in [2.45, 2.75) is 25.4 Å². The number of hydrogen-bond donors (Lipinski definition) is 1. The first kappa shape index (κ1) is 13.9. The minimum atomic E-state index is -0.394. The van der Waals surface area contributed by atoms with E-state index in [1.54, 1.807) is 0 Å². The maximum absolute atomic E-state index is 10.3. The average Bonchev–Trinajstić information content (AvgIpc) is 2.92. The van der Waals surface area contributed by atoms with Gasteiger partial charge in [0.25, 0.3) is 0 Å². The molecule has 3 rings (SSSR count). The zero-order valence-corrected chi connectivity index (χ0v) is 13.3. The van der Waals surface area contributed by atoms with E-state index >= 15 is 0 Å². The second-order valence-electron chi connectivity index (χ2n) is 5.15. The van der Waals surface area contributed by atoms with Gasteiger partial charge < -0.3 is 9.84 Å². The molecule has 0 spiro atoms. The summed E-state index contributed by atoms with van der Waals surface area (Å²) in [5.74, 6) is 1.02. The number of benzene rings is 2. The summed E-state index contributed by atoms with van der Waals surface area (Å²) < 4.78 is 6.67. The van der Waals surface area contributed by atoms with Crippen LogP contribution in [0.1, 0.15) is 29.2 Å². The molecule has 0 saturated heterocycles. The van der Waals surface area contributed by atoms with Gasteiger partial charge in [-0.25, -0.2) is 0 Å². The summed E-state index contributed by atoms with van der Waals surface area (Å²) in [6.07, 6.45) is 2.25. The highest BCUT2D eigenvalue weighted by Gasteiger charge is 2.13. The fourth-order valence-corrected chi connectivity index (χ4v) is 3.15. The summed E-state index contributed by atoms with van der Waals surface area (Å²) in [5.41, 5.74) is 3.58. The molecule has 2 aromatic carbocycles. The first-order chi connectivity index (χ1) is 9.72. The Morgan fingerprint density at radius 3 is 2.95 bits per heavy atom. The zero-order chi connectivity index (χ0) is 13.9. The van der Waals surface area contributed by atoms with Crippen LogP contribution >= 0.6 is 22.6 Å². The molecular formula is C17H17IO2. The highest BCUT2D eigenvalue weighted by molar-refractivity contribution is 14.1. The molecular weight excluding hydrogens is 363 g/mol.